The Hall–Kier alpha value is -1.55. The Kier molecular flexibility index (Phi) is 4.20. The Bertz CT molecular complexity index is 397. The van der Waals surface area contributed by atoms with Gasteiger partial charge in [0.05, 0.1) is 19.2 Å². The summed E-state index contributed by atoms with van der Waals surface area (Å²) in [6, 6.07) is 7.77. The number of benzene rings is 1. The van der Waals surface area contributed by atoms with Crippen LogP contribution in [0.5, 0.6) is 5.75 Å². The first-order valence-electron chi connectivity index (χ1n) is 6.38. The van der Waals surface area contributed by atoms with Crippen molar-refractivity contribution in [2.45, 2.75) is 31.8 Å². The van der Waals surface area contributed by atoms with E-state index in [0.717, 1.165) is 30.7 Å². The van der Waals surface area contributed by atoms with Crippen molar-refractivity contribution in [2.24, 2.45) is 0 Å². The van der Waals surface area contributed by atoms with Crippen molar-refractivity contribution in [2.75, 3.05) is 13.7 Å². The number of carbonyl (C=O) groups excluding carboxylic acids is 1. The van der Waals surface area contributed by atoms with E-state index in [1.165, 1.54) is 0 Å². The highest BCUT2D eigenvalue weighted by molar-refractivity contribution is 5.82. The van der Waals surface area contributed by atoms with Crippen LogP contribution < -0.4 is 15.4 Å². The molecule has 1 aromatic carbocycles. The quantitative estimate of drug-likeness (QED) is 0.851. The predicted octanol–water partition coefficient (Wildman–Crippen LogP) is 1.62. The number of hydrogen-bond donors (Lipinski definition) is 2. The van der Waals surface area contributed by atoms with E-state index in [0.29, 0.717) is 0 Å². The van der Waals surface area contributed by atoms with Gasteiger partial charge in [0.1, 0.15) is 5.75 Å². The van der Waals surface area contributed by atoms with Crippen molar-refractivity contribution in [1.29, 1.82) is 0 Å². The minimum absolute atomic E-state index is 0.0193. The van der Waals surface area contributed by atoms with Gasteiger partial charge in [0.25, 0.3) is 0 Å². The van der Waals surface area contributed by atoms with Crippen LogP contribution in [0.2, 0.25) is 0 Å². The molecular weight excluding hydrogens is 228 g/mol. The van der Waals surface area contributed by atoms with E-state index in [1.807, 2.05) is 31.2 Å². The standard InChI is InChI=1S/C14H20N2O2/c1-10(11-5-7-12(18-2)8-6-11)16-14(17)13-4-3-9-15-13/h5-8,10,13,15H,3-4,9H2,1-2H3,(H,16,17)/t10-,13?/m1/s1. The first kappa shape index (κ1) is 12.9. The minimum atomic E-state index is -0.0225. The Balaban J connectivity index is 1.93. The molecule has 0 aliphatic carbocycles. The van der Waals surface area contributed by atoms with Gasteiger partial charge in [-0.1, -0.05) is 12.1 Å². The third-order valence-corrected chi connectivity index (χ3v) is 3.35. The molecule has 1 aromatic rings. The summed E-state index contributed by atoms with van der Waals surface area (Å²) in [4.78, 5) is 12.0. The molecule has 0 spiro atoms. The number of hydrogen-bond acceptors (Lipinski definition) is 3. The summed E-state index contributed by atoms with van der Waals surface area (Å²) >= 11 is 0. The van der Waals surface area contributed by atoms with E-state index in [1.54, 1.807) is 7.11 Å². The van der Waals surface area contributed by atoms with Crippen LogP contribution in [0.4, 0.5) is 0 Å². The molecule has 1 amide bonds. The molecule has 1 heterocycles. The molecule has 0 saturated carbocycles. The van der Waals surface area contributed by atoms with E-state index in [4.69, 9.17) is 4.74 Å². The summed E-state index contributed by atoms with van der Waals surface area (Å²) in [5.74, 6) is 0.922. The van der Waals surface area contributed by atoms with E-state index >= 15 is 0 Å². The molecule has 2 N–H and O–H groups in total. The largest absolute Gasteiger partial charge is 0.497 e. The van der Waals surface area contributed by atoms with Gasteiger partial charge in [-0.2, -0.15) is 0 Å². The lowest BCUT2D eigenvalue weighted by Gasteiger charge is -2.17. The lowest BCUT2D eigenvalue weighted by Crippen LogP contribution is -2.41. The summed E-state index contributed by atoms with van der Waals surface area (Å²) < 4.78 is 5.11. The number of carbonyl (C=O) groups is 1. The maximum atomic E-state index is 12.0. The van der Waals surface area contributed by atoms with Gasteiger partial charge in [0, 0.05) is 0 Å². The fourth-order valence-electron chi connectivity index (χ4n) is 2.20. The number of methoxy groups -OCH3 is 1. The van der Waals surface area contributed by atoms with Crippen LogP contribution >= 0.6 is 0 Å². The van der Waals surface area contributed by atoms with E-state index in [2.05, 4.69) is 10.6 Å². The zero-order chi connectivity index (χ0) is 13.0. The second-order valence-electron chi connectivity index (χ2n) is 4.65. The van der Waals surface area contributed by atoms with Crippen molar-refractivity contribution >= 4 is 5.91 Å². The lowest BCUT2D eigenvalue weighted by atomic mass is 10.1. The highest BCUT2D eigenvalue weighted by Crippen LogP contribution is 2.17. The summed E-state index contributed by atoms with van der Waals surface area (Å²) in [6.07, 6.45) is 2.01. The van der Waals surface area contributed by atoms with Crippen LogP contribution in [0.1, 0.15) is 31.4 Å². The lowest BCUT2D eigenvalue weighted by molar-refractivity contribution is -0.123. The molecule has 0 bridgehead atoms. The fourth-order valence-corrected chi connectivity index (χ4v) is 2.20. The first-order chi connectivity index (χ1) is 8.70. The molecule has 2 rings (SSSR count). The maximum Gasteiger partial charge on any atom is 0.237 e. The molecule has 2 atom stereocenters. The molecule has 4 nitrogen and oxygen atoms in total. The van der Waals surface area contributed by atoms with Crippen molar-refractivity contribution in [3.8, 4) is 5.75 Å². The van der Waals surface area contributed by atoms with Gasteiger partial charge in [0.2, 0.25) is 5.91 Å². The molecule has 1 saturated heterocycles. The van der Waals surface area contributed by atoms with Crippen molar-refractivity contribution in [1.82, 2.24) is 10.6 Å². The molecule has 1 aliphatic rings. The summed E-state index contributed by atoms with van der Waals surface area (Å²) in [5.41, 5.74) is 1.09. The average Bonchev–Trinajstić information content (AvgIpc) is 2.92. The van der Waals surface area contributed by atoms with Gasteiger partial charge < -0.3 is 15.4 Å². The molecule has 0 radical (unpaired) electrons. The van der Waals surface area contributed by atoms with E-state index in [-0.39, 0.29) is 18.0 Å². The fraction of sp³-hybridized carbons (Fsp3) is 0.500. The molecule has 0 aromatic heterocycles. The second-order valence-corrected chi connectivity index (χ2v) is 4.65. The molecule has 98 valence electrons. The van der Waals surface area contributed by atoms with Crippen molar-refractivity contribution in [3.05, 3.63) is 29.8 Å². The van der Waals surface area contributed by atoms with Gasteiger partial charge in [-0.15, -0.1) is 0 Å². The summed E-state index contributed by atoms with van der Waals surface area (Å²) in [7, 11) is 1.64. The zero-order valence-corrected chi connectivity index (χ0v) is 10.9. The second kappa shape index (κ2) is 5.87. The van der Waals surface area contributed by atoms with E-state index < -0.39 is 0 Å². The third-order valence-electron chi connectivity index (χ3n) is 3.35. The zero-order valence-electron chi connectivity index (χ0n) is 10.9. The molecular formula is C14H20N2O2. The van der Waals surface area contributed by atoms with Crippen molar-refractivity contribution in [3.63, 3.8) is 0 Å². The maximum absolute atomic E-state index is 12.0. The van der Waals surface area contributed by atoms with Gasteiger partial charge in [-0.3, -0.25) is 4.79 Å². The molecule has 1 fully saturated rings. The SMILES string of the molecule is COc1ccc([C@@H](C)NC(=O)C2CCCN2)cc1. The van der Waals surface area contributed by atoms with Gasteiger partial charge >= 0.3 is 0 Å². The first-order valence-corrected chi connectivity index (χ1v) is 6.38. The average molecular weight is 248 g/mol. The number of rotatable bonds is 4. The smallest absolute Gasteiger partial charge is 0.237 e. The third kappa shape index (κ3) is 3.01. The van der Waals surface area contributed by atoms with Crippen LogP contribution in [0.3, 0.4) is 0 Å². The molecule has 18 heavy (non-hydrogen) atoms. The van der Waals surface area contributed by atoms with Crippen LogP contribution in [0, 0.1) is 0 Å². The number of nitrogens with one attached hydrogen (secondary N) is 2. The van der Waals surface area contributed by atoms with Gasteiger partial charge in [-0.25, -0.2) is 0 Å². The highest BCUT2D eigenvalue weighted by Gasteiger charge is 2.23. The molecule has 1 aliphatic heterocycles. The summed E-state index contributed by atoms with van der Waals surface area (Å²) in [5, 5.41) is 6.23. The Morgan fingerprint density at radius 1 is 1.44 bits per heavy atom. The normalized spacial score (nSPS) is 20.4. The summed E-state index contributed by atoms with van der Waals surface area (Å²) in [6.45, 7) is 2.93. The van der Waals surface area contributed by atoms with Crippen LogP contribution in [-0.4, -0.2) is 25.6 Å². The minimum Gasteiger partial charge on any atom is -0.497 e. The highest BCUT2D eigenvalue weighted by atomic mass is 16.5. The van der Waals surface area contributed by atoms with E-state index in [9.17, 15) is 4.79 Å². The molecule has 4 heteroatoms. The van der Waals surface area contributed by atoms with Gasteiger partial charge in [-0.05, 0) is 44.0 Å². The topological polar surface area (TPSA) is 50.4 Å². The van der Waals surface area contributed by atoms with Crippen LogP contribution in [0.25, 0.3) is 0 Å². The Labute approximate surface area is 108 Å². The van der Waals surface area contributed by atoms with Crippen molar-refractivity contribution < 1.29 is 9.53 Å². The number of ether oxygens (including phenoxy) is 1. The Morgan fingerprint density at radius 3 is 2.72 bits per heavy atom. The number of amides is 1. The van der Waals surface area contributed by atoms with Gasteiger partial charge in [0.15, 0.2) is 0 Å². The van der Waals surface area contributed by atoms with Crippen LogP contribution in [0.15, 0.2) is 24.3 Å². The predicted molar refractivity (Wildman–Crippen MR) is 70.6 cm³/mol. The Morgan fingerprint density at radius 2 is 2.17 bits per heavy atom. The monoisotopic (exact) mass is 248 g/mol. The molecule has 1 unspecified atom stereocenters. The van der Waals surface area contributed by atoms with Crippen LogP contribution in [-0.2, 0) is 4.79 Å².